The molecule has 2 rings (SSSR count). The molecule has 0 aliphatic carbocycles. The van der Waals surface area contributed by atoms with E-state index in [4.69, 9.17) is 16.3 Å². The molecule has 0 saturated carbocycles. The number of hydrogen-bond acceptors (Lipinski definition) is 3. The predicted octanol–water partition coefficient (Wildman–Crippen LogP) is 3.75. The zero-order valence-electron chi connectivity index (χ0n) is 12.4. The number of carbonyl (C=O) groups excluding carboxylic acids is 2. The number of ether oxygens (including phenoxy) is 1. The molecule has 4 nitrogen and oxygen atoms in total. The Morgan fingerprint density at radius 2 is 1.77 bits per heavy atom. The molecule has 0 saturated heterocycles. The lowest BCUT2D eigenvalue weighted by Gasteiger charge is -2.08. The second-order valence-electron chi connectivity index (χ2n) is 5.01. The maximum atomic E-state index is 11.9. The molecule has 0 radical (unpaired) electrons. The van der Waals surface area contributed by atoms with Gasteiger partial charge in [0.15, 0.2) is 6.61 Å². The number of carbonyl (C=O) groups is 2. The number of anilines is 1. The molecule has 5 heteroatoms. The van der Waals surface area contributed by atoms with Gasteiger partial charge in [0.05, 0.1) is 5.56 Å². The van der Waals surface area contributed by atoms with Crippen LogP contribution >= 0.6 is 11.6 Å². The maximum absolute atomic E-state index is 11.9. The molecule has 0 atom stereocenters. The van der Waals surface area contributed by atoms with E-state index < -0.39 is 11.9 Å². The van der Waals surface area contributed by atoms with E-state index in [1.807, 2.05) is 19.9 Å². The third-order valence-electron chi connectivity index (χ3n) is 2.90. The highest BCUT2D eigenvalue weighted by Gasteiger charge is 2.11. The van der Waals surface area contributed by atoms with Gasteiger partial charge in [-0.15, -0.1) is 0 Å². The molecule has 2 aromatic rings. The van der Waals surface area contributed by atoms with Crippen LogP contribution in [0.1, 0.15) is 21.5 Å². The lowest BCUT2D eigenvalue weighted by atomic mass is 10.1. The highest BCUT2D eigenvalue weighted by Crippen LogP contribution is 2.15. The average Bonchev–Trinajstić information content (AvgIpc) is 2.43. The number of nitrogens with one attached hydrogen (secondary N) is 1. The Kier molecular flexibility index (Phi) is 5.17. The second-order valence-corrected chi connectivity index (χ2v) is 5.45. The van der Waals surface area contributed by atoms with Crippen LogP contribution in [0.3, 0.4) is 0 Å². The number of aryl methyl sites for hydroxylation is 2. The van der Waals surface area contributed by atoms with Crippen LogP contribution < -0.4 is 5.32 Å². The largest absolute Gasteiger partial charge is 0.452 e. The average molecular weight is 318 g/mol. The van der Waals surface area contributed by atoms with E-state index in [1.165, 1.54) is 0 Å². The minimum absolute atomic E-state index is 0.349. The normalized spacial score (nSPS) is 10.1. The fourth-order valence-corrected chi connectivity index (χ4v) is 2.26. The lowest BCUT2D eigenvalue weighted by Crippen LogP contribution is -2.21. The van der Waals surface area contributed by atoms with Crippen LogP contribution in [0.15, 0.2) is 42.5 Å². The Morgan fingerprint density at radius 3 is 2.41 bits per heavy atom. The fourth-order valence-electron chi connectivity index (χ4n) is 2.07. The van der Waals surface area contributed by atoms with E-state index in [9.17, 15) is 9.59 Å². The van der Waals surface area contributed by atoms with Crippen LogP contribution in [0.2, 0.25) is 5.02 Å². The SMILES string of the molecule is Cc1cc(C)cc(C(=O)OCC(=O)Nc2cccc(Cl)c2)c1. The maximum Gasteiger partial charge on any atom is 0.338 e. The van der Waals surface area contributed by atoms with Gasteiger partial charge in [0.1, 0.15) is 0 Å². The Bertz CT molecular complexity index is 693. The number of hydrogen-bond donors (Lipinski definition) is 1. The molecule has 1 amide bonds. The summed E-state index contributed by atoms with van der Waals surface area (Å²) in [7, 11) is 0. The van der Waals surface area contributed by atoms with Crippen molar-refractivity contribution in [2.75, 3.05) is 11.9 Å². The highest BCUT2D eigenvalue weighted by molar-refractivity contribution is 6.30. The first-order valence-electron chi connectivity index (χ1n) is 6.75. The monoisotopic (exact) mass is 317 g/mol. The van der Waals surface area contributed by atoms with Crippen LogP contribution in [0.4, 0.5) is 5.69 Å². The number of amides is 1. The van der Waals surface area contributed by atoms with Gasteiger partial charge < -0.3 is 10.1 Å². The van der Waals surface area contributed by atoms with Crippen LogP contribution in [-0.2, 0) is 9.53 Å². The molecule has 0 aliphatic heterocycles. The quantitative estimate of drug-likeness (QED) is 0.874. The molecule has 0 spiro atoms. The van der Waals surface area contributed by atoms with Crippen molar-refractivity contribution in [1.82, 2.24) is 0 Å². The topological polar surface area (TPSA) is 55.4 Å². The Hall–Kier alpha value is -2.33. The van der Waals surface area contributed by atoms with Crippen LogP contribution in [0.25, 0.3) is 0 Å². The summed E-state index contributed by atoms with van der Waals surface area (Å²) in [5.41, 5.74) is 2.93. The molecule has 22 heavy (non-hydrogen) atoms. The van der Waals surface area contributed by atoms with E-state index in [-0.39, 0.29) is 6.61 Å². The second kappa shape index (κ2) is 7.09. The zero-order chi connectivity index (χ0) is 16.1. The van der Waals surface area contributed by atoms with Gasteiger partial charge >= 0.3 is 5.97 Å². The molecule has 0 aliphatic rings. The van der Waals surface area contributed by atoms with E-state index >= 15 is 0 Å². The molecule has 2 aromatic carbocycles. The van der Waals surface area contributed by atoms with Gasteiger partial charge in [-0.3, -0.25) is 4.79 Å². The van der Waals surface area contributed by atoms with Gasteiger partial charge in [0.2, 0.25) is 0 Å². The van der Waals surface area contributed by atoms with Crippen molar-refractivity contribution in [3.63, 3.8) is 0 Å². The third kappa shape index (κ3) is 4.60. The van der Waals surface area contributed by atoms with Gasteiger partial charge in [-0.2, -0.15) is 0 Å². The Labute approximate surface area is 134 Å². The van der Waals surface area contributed by atoms with Crippen molar-refractivity contribution in [3.8, 4) is 0 Å². The minimum Gasteiger partial charge on any atom is -0.452 e. The summed E-state index contributed by atoms with van der Waals surface area (Å²) in [5, 5.41) is 3.13. The highest BCUT2D eigenvalue weighted by atomic mass is 35.5. The summed E-state index contributed by atoms with van der Waals surface area (Å²) in [6, 6.07) is 12.2. The van der Waals surface area contributed by atoms with Crippen molar-refractivity contribution in [3.05, 3.63) is 64.2 Å². The van der Waals surface area contributed by atoms with Crippen LogP contribution in [0.5, 0.6) is 0 Å². The van der Waals surface area contributed by atoms with Crippen molar-refractivity contribution in [2.45, 2.75) is 13.8 Å². The molecule has 0 aromatic heterocycles. The molecule has 1 N–H and O–H groups in total. The molecule has 114 valence electrons. The number of halogens is 1. The van der Waals surface area contributed by atoms with E-state index in [2.05, 4.69) is 5.32 Å². The van der Waals surface area contributed by atoms with Crippen LogP contribution in [0, 0.1) is 13.8 Å². The summed E-state index contributed by atoms with van der Waals surface area (Å²) in [6.07, 6.45) is 0. The molecule has 0 fully saturated rings. The standard InChI is InChI=1S/C17H16ClNO3/c1-11-6-12(2)8-13(7-11)17(21)22-10-16(20)19-15-5-3-4-14(18)9-15/h3-9H,10H2,1-2H3,(H,19,20). The third-order valence-corrected chi connectivity index (χ3v) is 3.14. The van der Waals surface area contributed by atoms with Gasteiger partial charge in [0.25, 0.3) is 5.91 Å². The summed E-state index contributed by atoms with van der Waals surface area (Å²) >= 11 is 5.83. The molecule has 0 unspecified atom stereocenters. The summed E-state index contributed by atoms with van der Waals surface area (Å²) in [4.78, 5) is 23.7. The first-order valence-corrected chi connectivity index (χ1v) is 7.12. The fraction of sp³-hybridized carbons (Fsp3) is 0.176. The number of benzene rings is 2. The summed E-state index contributed by atoms with van der Waals surface area (Å²) in [6.45, 7) is 3.45. The minimum atomic E-state index is -0.520. The first-order chi connectivity index (χ1) is 10.4. The van der Waals surface area contributed by atoms with E-state index in [1.54, 1.807) is 36.4 Å². The first kappa shape index (κ1) is 16.0. The van der Waals surface area contributed by atoms with Gasteiger partial charge in [-0.1, -0.05) is 34.9 Å². The summed E-state index contributed by atoms with van der Waals surface area (Å²) in [5.74, 6) is -0.937. The van der Waals surface area contributed by atoms with Crippen molar-refractivity contribution in [2.24, 2.45) is 0 Å². The lowest BCUT2D eigenvalue weighted by molar-refractivity contribution is -0.119. The number of esters is 1. The molecular formula is C17H16ClNO3. The predicted molar refractivity (Wildman–Crippen MR) is 86.3 cm³/mol. The van der Waals surface area contributed by atoms with Gasteiger partial charge in [0, 0.05) is 10.7 Å². The Morgan fingerprint density at radius 1 is 1.09 bits per heavy atom. The van der Waals surface area contributed by atoms with Gasteiger partial charge in [-0.05, 0) is 44.2 Å². The van der Waals surface area contributed by atoms with E-state index in [0.29, 0.717) is 16.3 Å². The molecular weight excluding hydrogens is 302 g/mol. The van der Waals surface area contributed by atoms with Gasteiger partial charge in [-0.25, -0.2) is 4.79 Å². The van der Waals surface area contributed by atoms with Crippen molar-refractivity contribution >= 4 is 29.2 Å². The smallest absolute Gasteiger partial charge is 0.338 e. The molecule has 0 bridgehead atoms. The molecule has 0 heterocycles. The van der Waals surface area contributed by atoms with Crippen molar-refractivity contribution < 1.29 is 14.3 Å². The van der Waals surface area contributed by atoms with Crippen LogP contribution in [-0.4, -0.2) is 18.5 Å². The number of rotatable bonds is 4. The zero-order valence-corrected chi connectivity index (χ0v) is 13.1. The van der Waals surface area contributed by atoms with E-state index in [0.717, 1.165) is 11.1 Å². The van der Waals surface area contributed by atoms with Crippen molar-refractivity contribution in [1.29, 1.82) is 0 Å². The summed E-state index contributed by atoms with van der Waals surface area (Å²) < 4.78 is 5.02. The Balaban J connectivity index is 1.92.